The molecule has 1 fully saturated rings. The quantitative estimate of drug-likeness (QED) is 0.498. The van der Waals surface area contributed by atoms with Crippen molar-refractivity contribution in [2.45, 2.75) is 6.54 Å². The van der Waals surface area contributed by atoms with Gasteiger partial charge in [0.15, 0.2) is 0 Å². The topological polar surface area (TPSA) is 42.5 Å². The second kappa shape index (κ2) is 9.95. The lowest BCUT2D eigenvalue weighted by atomic mass is 10.0. The van der Waals surface area contributed by atoms with Gasteiger partial charge in [-0.2, -0.15) is 0 Å². The van der Waals surface area contributed by atoms with Crippen molar-refractivity contribution in [2.24, 2.45) is 5.92 Å². The van der Waals surface area contributed by atoms with Crippen LogP contribution in [0.4, 0.5) is 0 Å². The molecule has 142 valence electrons. The van der Waals surface area contributed by atoms with E-state index in [1.807, 2.05) is 24.3 Å². The van der Waals surface area contributed by atoms with E-state index >= 15 is 0 Å². The smallest absolute Gasteiger partial charge is 0.120 e. The maximum atomic E-state index is 5.77. The van der Waals surface area contributed by atoms with Crippen molar-refractivity contribution < 1.29 is 9.47 Å². The Bertz CT molecular complexity index is 764. The lowest BCUT2D eigenvalue weighted by Crippen LogP contribution is -2.47. The predicted octanol–water partition coefficient (Wildman–Crippen LogP) is 3.74. The summed E-state index contributed by atoms with van der Waals surface area (Å²) in [5, 5.41) is 6.85. The molecule has 0 bridgehead atoms. The van der Waals surface area contributed by atoms with Gasteiger partial charge in [-0.15, -0.1) is 0 Å². The molecule has 1 aliphatic heterocycles. The van der Waals surface area contributed by atoms with Crippen LogP contribution in [0.5, 0.6) is 11.5 Å². The van der Waals surface area contributed by atoms with Crippen molar-refractivity contribution in [1.29, 1.82) is 0 Å². The van der Waals surface area contributed by atoms with E-state index in [-0.39, 0.29) is 0 Å². The first-order valence-corrected chi connectivity index (χ1v) is 9.38. The number of benzene rings is 2. The van der Waals surface area contributed by atoms with Crippen LogP contribution in [0.15, 0.2) is 55.1 Å². The largest absolute Gasteiger partial charge is 0.497 e. The molecule has 27 heavy (non-hydrogen) atoms. The van der Waals surface area contributed by atoms with Crippen LogP contribution in [0.2, 0.25) is 0 Å². The second-order valence-corrected chi connectivity index (χ2v) is 6.77. The fourth-order valence-corrected chi connectivity index (χ4v) is 2.94. The molecule has 1 aliphatic rings. The minimum atomic E-state index is 0.506. The van der Waals surface area contributed by atoms with E-state index in [1.165, 1.54) is 5.56 Å². The molecule has 0 saturated carbocycles. The van der Waals surface area contributed by atoms with E-state index < -0.39 is 0 Å². The number of hydrogen-bond acceptors (Lipinski definition) is 4. The fraction of sp³-hybridized carbons (Fsp3) is 0.304. The Balaban J connectivity index is 1.69. The molecule has 2 aromatic rings. The van der Waals surface area contributed by atoms with Crippen LogP contribution in [-0.2, 0) is 6.54 Å². The van der Waals surface area contributed by atoms with E-state index in [1.54, 1.807) is 13.2 Å². The summed E-state index contributed by atoms with van der Waals surface area (Å²) in [5.41, 5.74) is 3.47. The molecule has 2 N–H and O–H groups in total. The van der Waals surface area contributed by atoms with Gasteiger partial charge in [0.05, 0.1) is 7.11 Å². The van der Waals surface area contributed by atoms with Crippen molar-refractivity contribution >= 4 is 12.2 Å². The molecule has 0 atom stereocenters. The monoisotopic (exact) mass is 364 g/mol. The van der Waals surface area contributed by atoms with Gasteiger partial charge in [0.25, 0.3) is 0 Å². The van der Waals surface area contributed by atoms with Gasteiger partial charge in [-0.1, -0.05) is 43.0 Å². The molecule has 3 rings (SSSR count). The van der Waals surface area contributed by atoms with E-state index in [4.69, 9.17) is 9.47 Å². The zero-order valence-electron chi connectivity index (χ0n) is 15.9. The first kappa shape index (κ1) is 19.2. The minimum absolute atomic E-state index is 0.506. The third-order valence-electron chi connectivity index (χ3n) is 4.57. The van der Waals surface area contributed by atoms with Crippen LogP contribution in [0.3, 0.4) is 0 Å². The first-order valence-electron chi connectivity index (χ1n) is 9.38. The van der Waals surface area contributed by atoms with E-state index in [9.17, 15) is 0 Å². The fourth-order valence-electron chi connectivity index (χ4n) is 2.94. The summed E-state index contributed by atoms with van der Waals surface area (Å²) in [6, 6.07) is 14.4. The Morgan fingerprint density at radius 3 is 2.52 bits per heavy atom. The lowest BCUT2D eigenvalue weighted by molar-refractivity contribution is 0.331. The summed E-state index contributed by atoms with van der Waals surface area (Å²) in [6.07, 6.45) is 5.98. The molecule has 0 spiro atoms. The molecule has 1 saturated heterocycles. The number of nitrogens with one attached hydrogen (secondary N) is 2. The maximum Gasteiger partial charge on any atom is 0.120 e. The molecule has 0 amide bonds. The van der Waals surface area contributed by atoms with Gasteiger partial charge in [-0.25, -0.2) is 0 Å². The molecule has 1 heterocycles. The first-order chi connectivity index (χ1) is 13.3. The Morgan fingerprint density at radius 2 is 1.85 bits per heavy atom. The predicted molar refractivity (Wildman–Crippen MR) is 112 cm³/mol. The van der Waals surface area contributed by atoms with Crippen molar-refractivity contribution in [3.63, 3.8) is 0 Å². The summed E-state index contributed by atoms with van der Waals surface area (Å²) in [7, 11) is 1.68. The van der Waals surface area contributed by atoms with Crippen molar-refractivity contribution in [3.05, 3.63) is 71.8 Å². The van der Waals surface area contributed by atoms with Gasteiger partial charge in [0.1, 0.15) is 18.1 Å². The summed E-state index contributed by atoms with van der Waals surface area (Å²) >= 11 is 0. The molecular weight excluding hydrogens is 336 g/mol. The standard InChI is InChI=1S/C23H28N2O2/c1-3-10-27-23-12-19(5-4-18-6-8-22(26-2)9-7-18)11-20(13-23)14-24-15-21-16-25-17-21/h3-9,11-13,21,24-25H,1,10,14-17H2,2H3/b5-4+. The Kier molecular flexibility index (Phi) is 7.08. The maximum absolute atomic E-state index is 5.77. The molecular formula is C23H28N2O2. The van der Waals surface area contributed by atoms with Crippen LogP contribution in [0.25, 0.3) is 12.2 Å². The number of methoxy groups -OCH3 is 1. The van der Waals surface area contributed by atoms with Crippen LogP contribution in [-0.4, -0.2) is 33.4 Å². The van der Waals surface area contributed by atoms with E-state index in [2.05, 4.69) is 47.6 Å². The van der Waals surface area contributed by atoms with Gasteiger partial charge < -0.3 is 20.1 Å². The molecule has 0 aliphatic carbocycles. The van der Waals surface area contributed by atoms with E-state index in [0.29, 0.717) is 6.61 Å². The normalized spacial score (nSPS) is 14.1. The zero-order chi connectivity index (χ0) is 18.9. The molecule has 4 nitrogen and oxygen atoms in total. The lowest BCUT2D eigenvalue weighted by Gasteiger charge is -2.27. The highest BCUT2D eigenvalue weighted by molar-refractivity contribution is 5.70. The minimum Gasteiger partial charge on any atom is -0.497 e. The molecule has 0 radical (unpaired) electrons. The third-order valence-corrected chi connectivity index (χ3v) is 4.57. The highest BCUT2D eigenvalue weighted by Crippen LogP contribution is 2.20. The number of hydrogen-bond donors (Lipinski definition) is 2. The highest BCUT2D eigenvalue weighted by Gasteiger charge is 2.15. The Morgan fingerprint density at radius 1 is 1.07 bits per heavy atom. The van der Waals surface area contributed by atoms with Gasteiger partial charge in [0.2, 0.25) is 0 Å². The summed E-state index contributed by atoms with van der Waals surface area (Å²) in [4.78, 5) is 0. The zero-order valence-corrected chi connectivity index (χ0v) is 15.9. The van der Waals surface area contributed by atoms with Crippen molar-refractivity contribution in [2.75, 3.05) is 33.4 Å². The molecule has 0 aromatic heterocycles. The van der Waals surface area contributed by atoms with Crippen molar-refractivity contribution in [3.8, 4) is 11.5 Å². The van der Waals surface area contributed by atoms with Gasteiger partial charge >= 0.3 is 0 Å². The Labute approximate surface area is 161 Å². The van der Waals surface area contributed by atoms with Crippen LogP contribution in [0.1, 0.15) is 16.7 Å². The van der Waals surface area contributed by atoms with Crippen LogP contribution in [0, 0.1) is 5.92 Å². The summed E-state index contributed by atoms with van der Waals surface area (Å²) < 4.78 is 11.0. The van der Waals surface area contributed by atoms with E-state index in [0.717, 1.165) is 54.7 Å². The van der Waals surface area contributed by atoms with Gasteiger partial charge in [-0.3, -0.25) is 0 Å². The SMILES string of the molecule is C=CCOc1cc(/C=C/c2ccc(OC)cc2)cc(CNCC2CNC2)c1. The molecule has 2 aromatic carbocycles. The number of rotatable bonds is 10. The summed E-state index contributed by atoms with van der Waals surface area (Å²) in [5.74, 6) is 2.48. The average Bonchev–Trinajstić information content (AvgIpc) is 2.67. The van der Waals surface area contributed by atoms with Crippen LogP contribution < -0.4 is 20.1 Å². The average molecular weight is 364 g/mol. The highest BCUT2D eigenvalue weighted by atomic mass is 16.5. The molecule has 0 unspecified atom stereocenters. The van der Waals surface area contributed by atoms with Crippen molar-refractivity contribution in [1.82, 2.24) is 10.6 Å². The second-order valence-electron chi connectivity index (χ2n) is 6.77. The summed E-state index contributed by atoms with van der Waals surface area (Å²) in [6.45, 7) is 8.35. The third kappa shape index (κ3) is 5.98. The van der Waals surface area contributed by atoms with Gasteiger partial charge in [-0.05, 0) is 46.9 Å². The van der Waals surface area contributed by atoms with Gasteiger partial charge in [0, 0.05) is 26.2 Å². The number of ether oxygens (including phenoxy) is 2. The van der Waals surface area contributed by atoms with Crippen LogP contribution >= 0.6 is 0 Å². The molecule has 4 heteroatoms. The Hall–Kier alpha value is -2.56.